The van der Waals surface area contributed by atoms with Crippen LogP contribution in [0.25, 0.3) is 0 Å². The maximum absolute atomic E-state index is 13.0. The molecule has 3 fully saturated rings. The predicted octanol–water partition coefficient (Wildman–Crippen LogP) is 0.895. The molecule has 1 aromatic heterocycles. The van der Waals surface area contributed by atoms with E-state index in [1.165, 1.54) is 6.33 Å². The molecule has 7 nitrogen and oxygen atoms in total. The van der Waals surface area contributed by atoms with Crippen LogP contribution in [0.4, 0.5) is 0 Å². The second-order valence-corrected chi connectivity index (χ2v) is 7.55. The first-order valence-corrected chi connectivity index (χ1v) is 9.64. The van der Waals surface area contributed by atoms with Gasteiger partial charge < -0.3 is 14.5 Å². The Morgan fingerprint density at radius 3 is 2.65 bits per heavy atom. The Kier molecular flexibility index (Phi) is 5.15. The minimum absolute atomic E-state index is 0.00399. The summed E-state index contributed by atoms with van der Waals surface area (Å²) in [6.07, 6.45) is 9.12. The van der Waals surface area contributed by atoms with Crippen LogP contribution in [0, 0.1) is 11.8 Å². The average Bonchev–Trinajstić information content (AvgIpc) is 3.37. The van der Waals surface area contributed by atoms with Crippen molar-refractivity contribution in [3.05, 3.63) is 24.3 Å². The predicted molar refractivity (Wildman–Crippen MR) is 94.1 cm³/mol. The van der Waals surface area contributed by atoms with Gasteiger partial charge in [-0.05, 0) is 31.2 Å². The van der Waals surface area contributed by atoms with Gasteiger partial charge in [-0.15, -0.1) is 0 Å². The largest absolute Gasteiger partial charge is 0.376 e. The third-order valence-electron chi connectivity index (χ3n) is 5.92. The molecule has 3 saturated heterocycles. The lowest BCUT2D eigenvalue weighted by molar-refractivity contribution is -0.146. The van der Waals surface area contributed by atoms with Crippen LogP contribution in [-0.4, -0.2) is 70.5 Å². The first kappa shape index (κ1) is 17.4. The molecule has 1 aromatic rings. The number of likely N-dealkylation sites (tertiary alicyclic amines) is 2. The summed E-state index contributed by atoms with van der Waals surface area (Å²) in [7, 11) is 0. The lowest BCUT2D eigenvalue weighted by atomic mass is 9.81. The van der Waals surface area contributed by atoms with Crippen molar-refractivity contribution in [2.75, 3.05) is 32.8 Å². The van der Waals surface area contributed by atoms with E-state index in [-0.39, 0.29) is 29.8 Å². The average molecular weight is 358 g/mol. The lowest BCUT2D eigenvalue weighted by Crippen LogP contribution is -2.54. The molecule has 2 amide bonds. The molecule has 0 spiro atoms. The zero-order chi connectivity index (χ0) is 17.9. The Morgan fingerprint density at radius 2 is 1.88 bits per heavy atom. The molecule has 0 bridgehead atoms. The number of carbonyl (C=O) groups is 2. The number of hydrogen-bond acceptors (Lipinski definition) is 5. The number of nitrogens with zero attached hydrogens (tertiary/aromatic N) is 4. The summed E-state index contributed by atoms with van der Waals surface area (Å²) >= 11 is 0. The fraction of sp³-hybridized carbons (Fsp3) is 0.684. The maximum atomic E-state index is 13.0. The number of aromatic nitrogens is 2. The van der Waals surface area contributed by atoms with Gasteiger partial charge in [0.25, 0.3) is 0 Å². The molecule has 3 atom stereocenters. The van der Waals surface area contributed by atoms with E-state index in [2.05, 4.69) is 9.97 Å². The second kappa shape index (κ2) is 7.70. The van der Waals surface area contributed by atoms with Gasteiger partial charge in [0.2, 0.25) is 11.8 Å². The Morgan fingerprint density at radius 1 is 1.12 bits per heavy atom. The van der Waals surface area contributed by atoms with Gasteiger partial charge in [0, 0.05) is 57.5 Å². The third-order valence-corrected chi connectivity index (χ3v) is 5.92. The number of fused-ring (bicyclic) bond motifs is 1. The van der Waals surface area contributed by atoms with Crippen LogP contribution in [-0.2, 0) is 20.7 Å². The molecule has 0 aromatic carbocycles. The molecule has 0 radical (unpaired) electrons. The summed E-state index contributed by atoms with van der Waals surface area (Å²) in [6.45, 7) is 3.55. The van der Waals surface area contributed by atoms with Gasteiger partial charge >= 0.3 is 0 Å². The molecular weight excluding hydrogens is 332 g/mol. The van der Waals surface area contributed by atoms with Gasteiger partial charge in [0.05, 0.1) is 12.0 Å². The summed E-state index contributed by atoms with van der Waals surface area (Å²) in [5.74, 6) is 0.451. The molecule has 7 heteroatoms. The van der Waals surface area contributed by atoms with Gasteiger partial charge in [-0.1, -0.05) is 0 Å². The molecule has 4 heterocycles. The highest BCUT2D eigenvalue weighted by molar-refractivity contribution is 5.82. The molecule has 3 aliphatic rings. The standard InChI is InChI=1S/C19H26N4O3/c24-18(4-3-14-9-20-13-21-10-14)23-11-16(15-5-8-26-17(15)12-23)19(25)22-6-1-2-7-22/h9-10,13,15-17H,1-8,11-12H2/t15-,16+,17+/m0/s1. The first-order valence-electron chi connectivity index (χ1n) is 9.64. The number of piperidine rings is 1. The molecular formula is C19H26N4O3. The summed E-state index contributed by atoms with van der Waals surface area (Å²) in [5.41, 5.74) is 0.956. The number of aryl methyl sites for hydroxylation is 1. The number of carbonyl (C=O) groups excluding carboxylic acids is 2. The van der Waals surface area contributed by atoms with Gasteiger partial charge in [-0.25, -0.2) is 9.97 Å². The van der Waals surface area contributed by atoms with Crippen molar-refractivity contribution in [1.82, 2.24) is 19.8 Å². The van der Waals surface area contributed by atoms with E-state index in [0.29, 0.717) is 32.5 Å². The smallest absolute Gasteiger partial charge is 0.227 e. The van der Waals surface area contributed by atoms with Gasteiger partial charge in [0.1, 0.15) is 6.33 Å². The van der Waals surface area contributed by atoms with Gasteiger partial charge in [-0.3, -0.25) is 9.59 Å². The summed E-state index contributed by atoms with van der Waals surface area (Å²) in [5, 5.41) is 0. The zero-order valence-corrected chi connectivity index (χ0v) is 15.0. The van der Waals surface area contributed by atoms with Crippen molar-refractivity contribution in [2.24, 2.45) is 11.8 Å². The van der Waals surface area contributed by atoms with Crippen molar-refractivity contribution in [3.63, 3.8) is 0 Å². The zero-order valence-electron chi connectivity index (χ0n) is 15.0. The number of hydrogen-bond donors (Lipinski definition) is 0. The highest BCUT2D eigenvalue weighted by atomic mass is 16.5. The number of amides is 2. The van der Waals surface area contributed by atoms with E-state index in [1.54, 1.807) is 12.4 Å². The van der Waals surface area contributed by atoms with E-state index < -0.39 is 0 Å². The summed E-state index contributed by atoms with van der Waals surface area (Å²) in [6, 6.07) is 0. The molecule has 26 heavy (non-hydrogen) atoms. The maximum Gasteiger partial charge on any atom is 0.227 e. The van der Waals surface area contributed by atoms with E-state index in [4.69, 9.17) is 4.74 Å². The normalized spacial score (nSPS) is 28.2. The van der Waals surface area contributed by atoms with Crippen LogP contribution >= 0.6 is 0 Å². The fourth-order valence-corrected chi connectivity index (χ4v) is 4.48. The van der Waals surface area contributed by atoms with Crippen molar-refractivity contribution in [2.45, 2.75) is 38.2 Å². The van der Waals surface area contributed by atoms with Crippen LogP contribution in [0.5, 0.6) is 0 Å². The monoisotopic (exact) mass is 358 g/mol. The van der Waals surface area contributed by atoms with Crippen LogP contribution in [0.15, 0.2) is 18.7 Å². The van der Waals surface area contributed by atoms with E-state index in [0.717, 1.165) is 37.9 Å². The first-order chi connectivity index (χ1) is 12.7. The highest BCUT2D eigenvalue weighted by Crippen LogP contribution is 2.35. The number of ether oxygens (including phenoxy) is 1. The fourth-order valence-electron chi connectivity index (χ4n) is 4.48. The van der Waals surface area contributed by atoms with Gasteiger partial charge in [0.15, 0.2) is 0 Å². The van der Waals surface area contributed by atoms with Crippen LogP contribution < -0.4 is 0 Å². The second-order valence-electron chi connectivity index (χ2n) is 7.55. The lowest BCUT2D eigenvalue weighted by Gasteiger charge is -2.40. The van der Waals surface area contributed by atoms with Crippen LogP contribution in [0.1, 0.15) is 31.2 Å². The molecule has 0 unspecified atom stereocenters. The van der Waals surface area contributed by atoms with Crippen LogP contribution in [0.2, 0.25) is 0 Å². The highest BCUT2D eigenvalue weighted by Gasteiger charge is 2.46. The van der Waals surface area contributed by atoms with Crippen molar-refractivity contribution >= 4 is 11.8 Å². The van der Waals surface area contributed by atoms with Crippen molar-refractivity contribution in [3.8, 4) is 0 Å². The number of rotatable bonds is 4. The Labute approximate surface area is 153 Å². The molecule has 0 saturated carbocycles. The van der Waals surface area contributed by atoms with Crippen molar-refractivity contribution in [1.29, 1.82) is 0 Å². The Hall–Kier alpha value is -2.02. The van der Waals surface area contributed by atoms with Crippen LogP contribution in [0.3, 0.4) is 0 Å². The van der Waals surface area contributed by atoms with Gasteiger partial charge in [-0.2, -0.15) is 0 Å². The van der Waals surface area contributed by atoms with E-state index >= 15 is 0 Å². The Bertz CT molecular complexity index is 647. The molecule has 0 aliphatic carbocycles. The topological polar surface area (TPSA) is 75.6 Å². The van der Waals surface area contributed by atoms with Crippen molar-refractivity contribution < 1.29 is 14.3 Å². The SMILES string of the molecule is O=C(CCc1cncnc1)N1C[C@H]2OCC[C@H]2[C@H](C(=O)N2CCCC2)C1. The molecule has 3 aliphatic heterocycles. The Balaban J connectivity index is 1.41. The molecule has 0 N–H and O–H groups in total. The van der Waals surface area contributed by atoms with E-state index in [1.807, 2.05) is 9.80 Å². The minimum Gasteiger partial charge on any atom is -0.376 e. The van der Waals surface area contributed by atoms with E-state index in [9.17, 15) is 9.59 Å². The molecule has 4 rings (SSSR count). The molecule has 140 valence electrons. The third kappa shape index (κ3) is 3.58. The summed E-state index contributed by atoms with van der Waals surface area (Å²) in [4.78, 5) is 37.6. The summed E-state index contributed by atoms with van der Waals surface area (Å²) < 4.78 is 5.86. The minimum atomic E-state index is -0.113. The quantitative estimate of drug-likeness (QED) is 0.799.